The van der Waals surface area contributed by atoms with Gasteiger partial charge in [0.2, 0.25) is 5.91 Å². The smallest absolute Gasteiger partial charge is 0.303 e. The minimum atomic E-state index is -1.43. The van der Waals surface area contributed by atoms with E-state index in [1.807, 2.05) is 13.0 Å². The number of nitrogens with zero attached hydrogens (tertiary/aromatic N) is 2. The molecule has 1 aromatic rings. The third-order valence-corrected chi connectivity index (χ3v) is 5.59. The maximum Gasteiger partial charge on any atom is 0.303 e. The summed E-state index contributed by atoms with van der Waals surface area (Å²) < 4.78 is 21.7. The van der Waals surface area contributed by atoms with Crippen LogP contribution in [0.1, 0.15) is 38.8 Å². The molecular weight excluding hydrogens is 490 g/mol. The van der Waals surface area contributed by atoms with Crippen molar-refractivity contribution in [2.24, 2.45) is 5.16 Å². The summed E-state index contributed by atoms with van der Waals surface area (Å²) in [6.45, 7) is 6.13. The Balaban J connectivity index is 2.01. The molecule has 0 unspecified atom stereocenters. The van der Waals surface area contributed by atoms with Crippen LogP contribution in [0.5, 0.6) is 0 Å². The van der Waals surface area contributed by atoms with Crippen molar-refractivity contribution in [3.63, 3.8) is 0 Å². The summed E-state index contributed by atoms with van der Waals surface area (Å²) in [6, 6.07) is 4.18. The van der Waals surface area contributed by atoms with E-state index < -0.39 is 67.0 Å². The number of anilines is 1. The van der Waals surface area contributed by atoms with Crippen LogP contribution in [-0.4, -0.2) is 79.7 Å². The number of hydrogen-bond acceptors (Lipinski definition) is 11. The molecule has 2 amide bonds. The highest BCUT2D eigenvalue weighted by Gasteiger charge is 2.52. The summed E-state index contributed by atoms with van der Waals surface area (Å²) in [4.78, 5) is 67.2. The summed E-state index contributed by atoms with van der Waals surface area (Å²) in [7, 11) is 1.59. The zero-order valence-electron chi connectivity index (χ0n) is 21.3. The highest BCUT2D eigenvalue weighted by atomic mass is 16.8. The van der Waals surface area contributed by atoms with Crippen molar-refractivity contribution in [2.45, 2.75) is 65.3 Å². The minimum absolute atomic E-state index is 0.00550. The molecule has 37 heavy (non-hydrogen) atoms. The largest absolute Gasteiger partial charge is 0.463 e. The van der Waals surface area contributed by atoms with Gasteiger partial charge < -0.3 is 34.0 Å². The van der Waals surface area contributed by atoms with Crippen molar-refractivity contribution in [1.82, 2.24) is 5.32 Å². The van der Waals surface area contributed by atoms with Crippen molar-refractivity contribution in [3.8, 4) is 0 Å². The number of amides is 2. The zero-order chi connectivity index (χ0) is 27.4. The van der Waals surface area contributed by atoms with E-state index in [0.29, 0.717) is 11.3 Å². The van der Waals surface area contributed by atoms with E-state index in [4.69, 9.17) is 23.8 Å². The first-order valence-corrected chi connectivity index (χ1v) is 11.4. The first kappa shape index (κ1) is 27.6. The number of carbonyl (C=O) groups is 5. The Bertz CT molecular complexity index is 1130. The second-order valence-corrected chi connectivity index (χ2v) is 8.65. The number of esters is 3. The van der Waals surface area contributed by atoms with Crippen LogP contribution in [-0.2, 0) is 47.8 Å². The summed E-state index contributed by atoms with van der Waals surface area (Å²) in [5.41, 5.74) is 2.04. The molecule has 5 atom stereocenters. The van der Waals surface area contributed by atoms with Gasteiger partial charge in [-0.1, -0.05) is 16.8 Å². The number of likely N-dealkylation sites (N-methyl/N-ethyl adjacent to an activating group) is 1. The quantitative estimate of drug-likeness (QED) is 0.302. The van der Waals surface area contributed by atoms with Crippen LogP contribution in [0.4, 0.5) is 5.69 Å². The second-order valence-electron chi connectivity index (χ2n) is 8.65. The maximum atomic E-state index is 12.9. The second kappa shape index (κ2) is 11.4. The van der Waals surface area contributed by atoms with Crippen LogP contribution in [0, 0.1) is 6.92 Å². The molecule has 0 radical (unpaired) electrons. The fourth-order valence-corrected chi connectivity index (χ4v) is 4.09. The van der Waals surface area contributed by atoms with Crippen molar-refractivity contribution in [1.29, 1.82) is 0 Å². The Labute approximate surface area is 213 Å². The Kier molecular flexibility index (Phi) is 8.48. The lowest BCUT2D eigenvalue weighted by Crippen LogP contribution is -2.66. The molecule has 3 rings (SSSR count). The molecule has 13 heteroatoms. The number of fused-ring (bicyclic) bond motifs is 1. The lowest BCUT2D eigenvalue weighted by molar-refractivity contribution is -0.278. The Morgan fingerprint density at radius 2 is 1.68 bits per heavy atom. The molecule has 2 heterocycles. The highest BCUT2D eigenvalue weighted by molar-refractivity contribution is 6.54. The number of aryl methyl sites for hydroxylation is 1. The van der Waals surface area contributed by atoms with Gasteiger partial charge in [0.25, 0.3) is 12.2 Å². The van der Waals surface area contributed by atoms with E-state index >= 15 is 0 Å². The van der Waals surface area contributed by atoms with Crippen LogP contribution in [0.2, 0.25) is 0 Å². The SMILES string of the molecule is CC(=O)N[C@@H]1[C@H](O/N=C2\C(=O)N(C)c3ccc(C)cc32)O[C@H](COC(C)=O)[C@H](OC(C)=O)[C@@H]1OC(C)=O. The van der Waals surface area contributed by atoms with Crippen LogP contribution in [0.15, 0.2) is 23.4 Å². The molecule has 0 spiro atoms. The number of nitrogens with one attached hydrogen (secondary N) is 1. The summed E-state index contributed by atoms with van der Waals surface area (Å²) in [5.74, 6) is -3.08. The normalized spacial score (nSPS) is 25.8. The van der Waals surface area contributed by atoms with Gasteiger partial charge in [0, 0.05) is 40.3 Å². The molecule has 2 aliphatic heterocycles. The molecule has 1 saturated heterocycles. The van der Waals surface area contributed by atoms with Crippen molar-refractivity contribution in [3.05, 3.63) is 29.3 Å². The number of oxime groups is 1. The molecule has 1 N–H and O–H groups in total. The van der Waals surface area contributed by atoms with E-state index in [1.165, 1.54) is 18.7 Å². The van der Waals surface area contributed by atoms with Gasteiger partial charge in [-0.05, 0) is 19.1 Å². The van der Waals surface area contributed by atoms with Gasteiger partial charge in [-0.2, -0.15) is 0 Å². The molecule has 1 fully saturated rings. The number of hydrogen-bond donors (Lipinski definition) is 1. The molecule has 0 saturated carbocycles. The van der Waals surface area contributed by atoms with Crippen molar-refractivity contribution >= 4 is 41.1 Å². The average molecular weight is 520 g/mol. The van der Waals surface area contributed by atoms with Crippen molar-refractivity contribution in [2.75, 3.05) is 18.6 Å². The molecule has 200 valence electrons. The number of carbonyl (C=O) groups excluding carboxylic acids is 5. The fourth-order valence-electron chi connectivity index (χ4n) is 4.09. The van der Waals surface area contributed by atoms with Gasteiger partial charge in [-0.25, -0.2) is 0 Å². The minimum Gasteiger partial charge on any atom is -0.463 e. The first-order chi connectivity index (χ1) is 17.4. The van der Waals surface area contributed by atoms with Gasteiger partial charge in [0.1, 0.15) is 18.8 Å². The van der Waals surface area contributed by atoms with Crippen LogP contribution in [0.3, 0.4) is 0 Å². The van der Waals surface area contributed by atoms with Crippen LogP contribution < -0.4 is 10.2 Å². The van der Waals surface area contributed by atoms with Gasteiger partial charge in [-0.15, -0.1) is 0 Å². The third-order valence-electron chi connectivity index (χ3n) is 5.59. The summed E-state index contributed by atoms with van der Waals surface area (Å²) in [5, 5.41) is 6.61. The zero-order valence-corrected chi connectivity index (χ0v) is 21.3. The predicted octanol–water partition coefficient (Wildman–Crippen LogP) is 0.348. The first-order valence-electron chi connectivity index (χ1n) is 11.4. The van der Waals surface area contributed by atoms with Gasteiger partial charge in [0.05, 0.1) is 5.69 Å². The standard InChI is InChI=1S/C24H29N3O10/c1-11-7-8-17-16(9-11)19(23(32)27(17)6)26-37-24-20(25-12(2)28)22(35-15(5)31)21(34-14(4)30)18(36-24)10-33-13(3)29/h7-9,18,20-22,24H,10H2,1-6H3,(H,25,28)/b26-19-/t18-,20+,21+,22-,24+/m1/s1. The van der Waals surface area contributed by atoms with E-state index in [9.17, 15) is 24.0 Å². The number of rotatable bonds is 7. The Morgan fingerprint density at radius 3 is 2.27 bits per heavy atom. The van der Waals surface area contributed by atoms with E-state index in [2.05, 4.69) is 10.5 Å². The summed E-state index contributed by atoms with van der Waals surface area (Å²) >= 11 is 0. The van der Waals surface area contributed by atoms with Gasteiger partial charge >= 0.3 is 17.9 Å². The topological polar surface area (TPSA) is 159 Å². The Hall–Kier alpha value is -4.00. The molecular formula is C24H29N3O10. The molecule has 0 aromatic heterocycles. The van der Waals surface area contributed by atoms with Gasteiger partial charge in [0.15, 0.2) is 17.9 Å². The average Bonchev–Trinajstić information content (AvgIpc) is 3.02. The fraction of sp³-hybridized carbons (Fsp3) is 0.500. The van der Waals surface area contributed by atoms with Gasteiger partial charge in [-0.3, -0.25) is 24.0 Å². The Morgan fingerprint density at radius 1 is 1.03 bits per heavy atom. The monoisotopic (exact) mass is 519 g/mol. The van der Waals surface area contributed by atoms with E-state index in [-0.39, 0.29) is 5.71 Å². The lowest BCUT2D eigenvalue weighted by Gasteiger charge is -2.43. The van der Waals surface area contributed by atoms with E-state index in [1.54, 1.807) is 19.2 Å². The molecule has 2 aliphatic rings. The lowest BCUT2D eigenvalue weighted by atomic mass is 9.96. The molecule has 13 nitrogen and oxygen atoms in total. The summed E-state index contributed by atoms with van der Waals surface area (Å²) in [6.07, 6.45) is -5.17. The number of benzene rings is 1. The van der Waals surface area contributed by atoms with Crippen LogP contribution >= 0.6 is 0 Å². The van der Waals surface area contributed by atoms with Crippen molar-refractivity contribution < 1.29 is 47.8 Å². The number of ether oxygens (including phenoxy) is 4. The molecule has 0 bridgehead atoms. The maximum absolute atomic E-state index is 12.9. The predicted molar refractivity (Wildman–Crippen MR) is 126 cm³/mol. The highest BCUT2D eigenvalue weighted by Crippen LogP contribution is 2.31. The molecule has 0 aliphatic carbocycles. The van der Waals surface area contributed by atoms with E-state index in [0.717, 1.165) is 19.4 Å². The molecule has 1 aromatic carbocycles. The van der Waals surface area contributed by atoms with Crippen LogP contribution in [0.25, 0.3) is 0 Å². The third kappa shape index (κ3) is 6.42.